The number of esters is 1. The van der Waals surface area contributed by atoms with Gasteiger partial charge in [0.1, 0.15) is 5.70 Å². The standard InChI is InChI=1S/C19H24ClN3O4/c1-27-19(26)14-12-23(9-10-24)18(25)17(14)21-13-5-6-16(15(20)11-13)22-7-3-2-4-8-22/h5-6,11,21,24H,2-4,7-10,12H2,1H3. The number of benzene rings is 1. The molecule has 1 fully saturated rings. The maximum Gasteiger partial charge on any atom is 0.337 e. The molecule has 7 nitrogen and oxygen atoms in total. The minimum Gasteiger partial charge on any atom is -0.466 e. The van der Waals surface area contributed by atoms with Crippen LogP contribution in [0.5, 0.6) is 0 Å². The number of nitrogens with one attached hydrogen (secondary N) is 1. The number of aliphatic hydroxyl groups is 1. The van der Waals surface area contributed by atoms with Crippen molar-refractivity contribution in [3.05, 3.63) is 34.5 Å². The molecule has 2 N–H and O–H groups in total. The molecule has 146 valence electrons. The summed E-state index contributed by atoms with van der Waals surface area (Å²) in [6, 6.07) is 5.54. The van der Waals surface area contributed by atoms with Crippen molar-refractivity contribution in [3.63, 3.8) is 0 Å². The van der Waals surface area contributed by atoms with Crippen LogP contribution in [0.4, 0.5) is 11.4 Å². The summed E-state index contributed by atoms with van der Waals surface area (Å²) in [6.45, 7) is 2.05. The summed E-state index contributed by atoms with van der Waals surface area (Å²) in [4.78, 5) is 28.3. The molecule has 1 amide bonds. The minimum absolute atomic E-state index is 0.105. The van der Waals surface area contributed by atoms with Gasteiger partial charge in [0, 0.05) is 25.3 Å². The molecule has 3 rings (SSSR count). The summed E-state index contributed by atoms with van der Waals surface area (Å²) in [5, 5.41) is 12.7. The van der Waals surface area contributed by atoms with E-state index in [1.807, 2.05) is 12.1 Å². The molecule has 27 heavy (non-hydrogen) atoms. The molecule has 0 unspecified atom stereocenters. The van der Waals surface area contributed by atoms with Crippen LogP contribution in [0.15, 0.2) is 29.5 Å². The third-order valence-electron chi connectivity index (χ3n) is 4.87. The van der Waals surface area contributed by atoms with E-state index in [0.717, 1.165) is 31.6 Å². The third-order valence-corrected chi connectivity index (χ3v) is 5.17. The Balaban J connectivity index is 1.82. The molecule has 0 aliphatic carbocycles. The number of hydrogen-bond acceptors (Lipinski definition) is 6. The maximum atomic E-state index is 12.6. The van der Waals surface area contributed by atoms with Gasteiger partial charge in [-0.1, -0.05) is 11.6 Å². The van der Waals surface area contributed by atoms with Gasteiger partial charge in [-0.3, -0.25) is 4.79 Å². The Kier molecular flexibility index (Phi) is 6.23. The molecule has 1 saturated heterocycles. The minimum atomic E-state index is -0.567. The molecule has 0 spiro atoms. The molecule has 2 aliphatic heterocycles. The lowest BCUT2D eigenvalue weighted by Crippen LogP contribution is -2.31. The Morgan fingerprint density at radius 1 is 1.30 bits per heavy atom. The summed E-state index contributed by atoms with van der Waals surface area (Å²) < 4.78 is 4.79. The SMILES string of the molecule is COC(=O)C1=C(Nc2ccc(N3CCCCC3)c(Cl)c2)C(=O)N(CCO)C1. The van der Waals surface area contributed by atoms with Crippen molar-refractivity contribution >= 4 is 34.9 Å². The zero-order valence-electron chi connectivity index (χ0n) is 15.3. The van der Waals surface area contributed by atoms with Crippen LogP contribution in [-0.2, 0) is 14.3 Å². The van der Waals surface area contributed by atoms with Gasteiger partial charge in [0.05, 0.1) is 36.5 Å². The highest BCUT2D eigenvalue weighted by molar-refractivity contribution is 6.33. The summed E-state index contributed by atoms with van der Waals surface area (Å²) in [6.07, 6.45) is 3.55. The largest absolute Gasteiger partial charge is 0.466 e. The second kappa shape index (κ2) is 8.63. The van der Waals surface area contributed by atoms with Crippen LogP contribution in [0.2, 0.25) is 5.02 Å². The second-order valence-electron chi connectivity index (χ2n) is 6.63. The molecule has 2 heterocycles. The number of nitrogens with zero attached hydrogens (tertiary/aromatic N) is 2. The first kappa shape index (κ1) is 19.5. The topological polar surface area (TPSA) is 82.1 Å². The number of anilines is 2. The Hall–Kier alpha value is -2.25. The first-order chi connectivity index (χ1) is 13.0. The van der Waals surface area contributed by atoms with E-state index in [0.29, 0.717) is 10.7 Å². The zero-order chi connectivity index (χ0) is 19.4. The smallest absolute Gasteiger partial charge is 0.337 e. The van der Waals surface area contributed by atoms with Crippen LogP contribution >= 0.6 is 11.6 Å². The van der Waals surface area contributed by atoms with Gasteiger partial charge in [-0.15, -0.1) is 0 Å². The fraction of sp³-hybridized carbons (Fsp3) is 0.474. The monoisotopic (exact) mass is 393 g/mol. The summed E-state index contributed by atoms with van der Waals surface area (Å²) >= 11 is 6.47. The van der Waals surface area contributed by atoms with E-state index in [1.165, 1.54) is 18.4 Å². The first-order valence-corrected chi connectivity index (χ1v) is 9.46. The van der Waals surface area contributed by atoms with Crippen LogP contribution in [0, 0.1) is 0 Å². The number of piperidine rings is 1. The van der Waals surface area contributed by atoms with Gasteiger partial charge >= 0.3 is 5.97 Å². The van der Waals surface area contributed by atoms with Gasteiger partial charge in [-0.05, 0) is 37.5 Å². The normalized spacial score (nSPS) is 17.5. The van der Waals surface area contributed by atoms with E-state index >= 15 is 0 Å². The van der Waals surface area contributed by atoms with Crippen molar-refractivity contribution in [1.82, 2.24) is 4.90 Å². The number of methoxy groups -OCH3 is 1. The van der Waals surface area contributed by atoms with E-state index in [-0.39, 0.29) is 36.9 Å². The Morgan fingerprint density at radius 2 is 2.04 bits per heavy atom. The van der Waals surface area contributed by atoms with Crippen molar-refractivity contribution in [2.24, 2.45) is 0 Å². The number of carbonyl (C=O) groups is 2. The van der Waals surface area contributed by atoms with Crippen LogP contribution in [0.3, 0.4) is 0 Å². The number of carbonyl (C=O) groups excluding carboxylic acids is 2. The zero-order valence-corrected chi connectivity index (χ0v) is 16.1. The third kappa shape index (κ3) is 4.20. The van der Waals surface area contributed by atoms with Crippen molar-refractivity contribution < 1.29 is 19.4 Å². The highest BCUT2D eigenvalue weighted by atomic mass is 35.5. The molecule has 0 radical (unpaired) electrons. The van der Waals surface area contributed by atoms with Gasteiger partial charge in [-0.2, -0.15) is 0 Å². The lowest BCUT2D eigenvalue weighted by Gasteiger charge is -2.29. The van der Waals surface area contributed by atoms with Crippen LogP contribution in [0.1, 0.15) is 19.3 Å². The van der Waals surface area contributed by atoms with Gasteiger partial charge in [0.2, 0.25) is 0 Å². The Labute approximate surface area is 163 Å². The average Bonchev–Trinajstić information content (AvgIpc) is 2.98. The number of β-amino-alcohol motifs (C(OH)–C–C–N with tert-alkyl or cyclic N) is 1. The molecule has 8 heteroatoms. The summed E-state index contributed by atoms with van der Waals surface area (Å²) in [7, 11) is 1.27. The van der Waals surface area contributed by atoms with Gasteiger partial charge in [0.15, 0.2) is 0 Å². The molecule has 0 saturated carbocycles. The number of ether oxygens (including phenoxy) is 1. The molecule has 0 bridgehead atoms. The van der Waals surface area contributed by atoms with Crippen molar-refractivity contribution in [2.45, 2.75) is 19.3 Å². The van der Waals surface area contributed by atoms with E-state index in [2.05, 4.69) is 10.2 Å². The van der Waals surface area contributed by atoms with Crippen LogP contribution < -0.4 is 10.2 Å². The van der Waals surface area contributed by atoms with Crippen molar-refractivity contribution in [3.8, 4) is 0 Å². The Bertz CT molecular complexity index is 759. The molecular weight excluding hydrogens is 370 g/mol. The molecule has 2 aliphatic rings. The molecule has 0 aromatic heterocycles. The van der Waals surface area contributed by atoms with Crippen molar-refractivity contribution in [1.29, 1.82) is 0 Å². The van der Waals surface area contributed by atoms with Gasteiger partial charge in [0.25, 0.3) is 5.91 Å². The number of amides is 1. The van der Waals surface area contributed by atoms with Gasteiger partial charge < -0.3 is 25.0 Å². The summed E-state index contributed by atoms with van der Waals surface area (Å²) in [5.74, 6) is -0.914. The molecule has 1 aromatic rings. The molecule has 0 atom stereocenters. The first-order valence-electron chi connectivity index (χ1n) is 9.08. The number of halogens is 1. The molecule has 1 aromatic carbocycles. The van der Waals surface area contributed by atoms with E-state index in [1.54, 1.807) is 6.07 Å². The highest BCUT2D eigenvalue weighted by Gasteiger charge is 2.34. The van der Waals surface area contributed by atoms with E-state index in [4.69, 9.17) is 21.4 Å². The fourth-order valence-corrected chi connectivity index (χ4v) is 3.77. The average molecular weight is 394 g/mol. The number of hydrogen-bond donors (Lipinski definition) is 2. The van der Waals surface area contributed by atoms with Gasteiger partial charge in [-0.25, -0.2) is 4.79 Å². The lowest BCUT2D eigenvalue weighted by molar-refractivity contribution is -0.136. The summed E-state index contributed by atoms with van der Waals surface area (Å²) in [5.41, 5.74) is 2.00. The quantitative estimate of drug-likeness (QED) is 0.719. The fourth-order valence-electron chi connectivity index (χ4n) is 3.47. The van der Waals surface area contributed by atoms with Crippen LogP contribution in [-0.4, -0.2) is 61.8 Å². The molecular formula is C19H24ClN3O4. The number of rotatable bonds is 6. The van der Waals surface area contributed by atoms with E-state index < -0.39 is 5.97 Å². The predicted octanol–water partition coefficient (Wildman–Crippen LogP) is 2.00. The predicted molar refractivity (Wildman–Crippen MR) is 104 cm³/mol. The lowest BCUT2D eigenvalue weighted by atomic mass is 10.1. The maximum absolute atomic E-state index is 12.6. The second-order valence-corrected chi connectivity index (χ2v) is 7.04. The van der Waals surface area contributed by atoms with Crippen LogP contribution in [0.25, 0.3) is 0 Å². The van der Waals surface area contributed by atoms with Crippen molar-refractivity contribution in [2.75, 3.05) is 50.1 Å². The van der Waals surface area contributed by atoms with E-state index in [9.17, 15) is 9.59 Å². The highest BCUT2D eigenvalue weighted by Crippen LogP contribution is 2.32. The Morgan fingerprint density at radius 3 is 2.67 bits per heavy atom. The number of aliphatic hydroxyl groups excluding tert-OH is 1.